The first kappa shape index (κ1) is 36.5. The topological polar surface area (TPSA) is 114 Å². The zero-order valence-corrected chi connectivity index (χ0v) is 32.5. The molecule has 1 spiro atoms. The first-order chi connectivity index (χ1) is 25.5. The van der Waals surface area contributed by atoms with Crippen LogP contribution < -0.4 is 14.4 Å². The van der Waals surface area contributed by atoms with Crippen LogP contribution in [0.2, 0.25) is 5.02 Å². The van der Waals surface area contributed by atoms with E-state index in [2.05, 4.69) is 48.8 Å². The molecule has 0 saturated heterocycles. The molecule has 10 nitrogen and oxygen atoms in total. The Labute approximate surface area is 318 Å². The van der Waals surface area contributed by atoms with Crippen LogP contribution in [0.5, 0.6) is 5.75 Å². The van der Waals surface area contributed by atoms with Crippen molar-refractivity contribution >= 4 is 33.2 Å². The summed E-state index contributed by atoms with van der Waals surface area (Å²) >= 11 is 6.50. The number of sulfonamides is 1. The average molecular weight is 760 g/mol. The minimum atomic E-state index is -3.97. The van der Waals surface area contributed by atoms with Crippen molar-refractivity contribution in [3.05, 3.63) is 94.0 Å². The van der Waals surface area contributed by atoms with Gasteiger partial charge < -0.3 is 14.4 Å². The van der Waals surface area contributed by atoms with E-state index in [9.17, 15) is 13.2 Å². The summed E-state index contributed by atoms with van der Waals surface area (Å²) < 4.78 is 43.0. The number of carbonyl (C=O) groups excluding carboxylic acids is 1. The number of aromatic nitrogens is 2. The lowest BCUT2D eigenvalue weighted by atomic mass is 9.63. The first-order valence-electron chi connectivity index (χ1n) is 19.1. The van der Waals surface area contributed by atoms with Crippen molar-refractivity contribution < 1.29 is 22.7 Å². The van der Waals surface area contributed by atoms with Crippen molar-refractivity contribution in [2.45, 2.75) is 81.6 Å². The Bertz CT molecular complexity index is 2030. The zero-order chi connectivity index (χ0) is 37.0. The minimum Gasteiger partial charge on any atom is -0.490 e. The summed E-state index contributed by atoms with van der Waals surface area (Å²) in [7, 11) is -2.15. The highest BCUT2D eigenvalue weighted by Gasteiger charge is 2.50. The molecule has 5 aliphatic rings. The molecule has 0 radical (unpaired) electrons. The maximum absolute atomic E-state index is 13.7. The highest BCUT2D eigenvalue weighted by molar-refractivity contribution is 7.90. The van der Waals surface area contributed by atoms with Gasteiger partial charge >= 0.3 is 0 Å². The van der Waals surface area contributed by atoms with Crippen molar-refractivity contribution in [1.29, 1.82) is 0 Å². The Morgan fingerprint density at radius 3 is 2.79 bits per heavy atom. The molecule has 282 valence electrons. The number of anilines is 1. The number of nitrogens with zero attached hydrogens (tertiary/aromatic N) is 4. The summed E-state index contributed by atoms with van der Waals surface area (Å²) in [5, 5.41) is -0.0556. The van der Waals surface area contributed by atoms with E-state index in [1.165, 1.54) is 16.7 Å². The zero-order valence-electron chi connectivity index (χ0n) is 30.9. The number of halogens is 1. The SMILES string of the molecule is CO[C@@]1(CN2CCc3cncnc3C2)/C=C/C[C@H](C)[C@@H](C)S(=O)(=O)NC(=O)c2ccc3c(c2)N(C[C@@H]2CC[C@H]21)C[C@@]1(CCCc2cc(Cl)ccc21)CO3. The van der Waals surface area contributed by atoms with Crippen LogP contribution in [0.25, 0.3) is 0 Å². The Kier molecular flexibility index (Phi) is 9.83. The number of amides is 1. The Balaban J connectivity index is 1.20. The van der Waals surface area contributed by atoms with E-state index in [1.54, 1.807) is 19.3 Å². The quantitative estimate of drug-likeness (QED) is 0.316. The number of hydrogen-bond acceptors (Lipinski definition) is 9. The third-order valence-electron chi connectivity index (χ3n) is 13.0. The van der Waals surface area contributed by atoms with E-state index in [1.807, 2.05) is 38.4 Å². The summed E-state index contributed by atoms with van der Waals surface area (Å²) in [6.07, 6.45) is 14.3. The van der Waals surface area contributed by atoms with Gasteiger partial charge in [-0.05, 0) is 117 Å². The lowest BCUT2D eigenvalue weighted by molar-refractivity contribution is -0.0933. The highest BCUT2D eigenvalue weighted by Crippen LogP contribution is 2.49. The van der Waals surface area contributed by atoms with Crippen molar-refractivity contribution in [2.24, 2.45) is 17.8 Å². The number of hydrogen-bond donors (Lipinski definition) is 1. The Morgan fingerprint density at radius 1 is 1.11 bits per heavy atom. The molecule has 3 aliphatic heterocycles. The van der Waals surface area contributed by atoms with Crippen molar-refractivity contribution in [1.82, 2.24) is 19.6 Å². The molecule has 0 unspecified atom stereocenters. The summed E-state index contributed by atoms with van der Waals surface area (Å²) in [5.41, 5.74) is 5.03. The maximum atomic E-state index is 13.7. The van der Waals surface area contributed by atoms with Gasteiger partial charge in [-0.1, -0.05) is 36.7 Å². The van der Waals surface area contributed by atoms with Crippen molar-refractivity contribution in [3.8, 4) is 5.75 Å². The number of benzene rings is 2. The minimum absolute atomic E-state index is 0.215. The highest BCUT2D eigenvalue weighted by atomic mass is 35.5. The molecular formula is C41H50ClN5O5S. The number of carbonyl (C=O) groups is 1. The summed E-state index contributed by atoms with van der Waals surface area (Å²) in [4.78, 5) is 27.4. The fourth-order valence-corrected chi connectivity index (χ4v) is 11.1. The van der Waals surface area contributed by atoms with Crippen molar-refractivity contribution in [2.75, 3.05) is 44.8 Å². The van der Waals surface area contributed by atoms with Gasteiger partial charge in [0.05, 0.1) is 23.2 Å². The van der Waals surface area contributed by atoms with Crippen LogP contribution in [0.3, 0.4) is 0 Å². The third kappa shape index (κ3) is 6.87. The van der Waals surface area contributed by atoms with Gasteiger partial charge in [-0.2, -0.15) is 0 Å². The van der Waals surface area contributed by atoms with E-state index < -0.39 is 26.8 Å². The number of methoxy groups -OCH3 is 1. The molecule has 1 N–H and O–H groups in total. The van der Waals surface area contributed by atoms with Gasteiger partial charge in [0.25, 0.3) is 5.91 Å². The fourth-order valence-electron chi connectivity index (χ4n) is 9.60. The molecule has 2 aromatic carbocycles. The van der Waals surface area contributed by atoms with Gasteiger partial charge in [-0.25, -0.2) is 23.1 Å². The van der Waals surface area contributed by atoms with Gasteiger partial charge in [0.15, 0.2) is 0 Å². The van der Waals surface area contributed by atoms with Crippen LogP contribution >= 0.6 is 11.6 Å². The Hall–Kier alpha value is -3.51. The number of fused-ring (bicyclic) bond motifs is 5. The van der Waals surface area contributed by atoms with Crippen LogP contribution in [-0.4, -0.2) is 79.9 Å². The van der Waals surface area contributed by atoms with E-state index in [-0.39, 0.29) is 17.3 Å². The molecule has 2 aliphatic carbocycles. The maximum Gasteiger partial charge on any atom is 0.264 e. The largest absolute Gasteiger partial charge is 0.490 e. The lowest BCUT2D eigenvalue weighted by Gasteiger charge is -2.52. The summed E-state index contributed by atoms with van der Waals surface area (Å²) in [6, 6.07) is 11.6. The fraction of sp³-hybridized carbons (Fsp3) is 0.537. The molecule has 53 heavy (non-hydrogen) atoms. The molecule has 1 amide bonds. The normalized spacial score (nSPS) is 31.8. The van der Waals surface area contributed by atoms with Crippen molar-refractivity contribution in [3.63, 3.8) is 0 Å². The molecule has 1 fully saturated rings. The number of nitrogens with one attached hydrogen (secondary N) is 1. The van der Waals surface area contributed by atoms with E-state index in [0.29, 0.717) is 43.3 Å². The number of allylic oxidation sites excluding steroid dienone is 1. The van der Waals surface area contributed by atoms with Crippen LogP contribution in [0.15, 0.2) is 61.1 Å². The van der Waals surface area contributed by atoms with E-state index in [4.69, 9.17) is 21.1 Å². The van der Waals surface area contributed by atoms with Crippen LogP contribution in [-0.2, 0) is 39.6 Å². The van der Waals surface area contributed by atoms with Gasteiger partial charge in [0.1, 0.15) is 17.7 Å². The average Bonchev–Trinajstić information content (AvgIpc) is 3.28. The Morgan fingerprint density at radius 2 is 1.98 bits per heavy atom. The van der Waals surface area contributed by atoms with Gasteiger partial charge in [0.2, 0.25) is 10.0 Å². The molecule has 3 aromatic rings. The number of rotatable bonds is 3. The second-order valence-corrected chi connectivity index (χ2v) is 18.6. The standard InChI is InChI=1S/C41H50ClN5O5S/c1-27-6-4-16-41(51-3,24-46-17-14-31-20-43-26-44-36(31)22-46)35-11-8-32(35)21-47-23-40(15-5-7-29-18-33(42)10-12-34(29)40)25-52-38-13-9-30(19-37(38)47)39(48)45-53(49,50)28(27)2/h4,9-10,12-13,16,18-20,26-28,32,35H,5-8,11,14-15,17,21-25H2,1-3H3,(H,45,48)/b16-4+/t27-,28+,32-,35+,40-,41+/m0/s1. The van der Waals surface area contributed by atoms with Gasteiger partial charge in [0, 0.05) is 62.0 Å². The lowest BCUT2D eigenvalue weighted by Crippen LogP contribution is -2.57. The first-order valence-corrected chi connectivity index (χ1v) is 21.0. The molecule has 1 saturated carbocycles. The summed E-state index contributed by atoms with van der Waals surface area (Å²) in [6.45, 7) is 7.86. The number of aryl methyl sites for hydroxylation is 1. The van der Waals surface area contributed by atoms with Crippen LogP contribution in [0.1, 0.15) is 78.7 Å². The third-order valence-corrected chi connectivity index (χ3v) is 15.2. The van der Waals surface area contributed by atoms with E-state index in [0.717, 1.165) is 74.6 Å². The predicted octanol–water partition coefficient (Wildman–Crippen LogP) is 6.12. The van der Waals surface area contributed by atoms with Gasteiger partial charge in [-0.15, -0.1) is 0 Å². The summed E-state index contributed by atoms with van der Waals surface area (Å²) in [5.74, 6) is 0.354. The molecule has 6 atom stereocenters. The molecule has 4 heterocycles. The van der Waals surface area contributed by atoms with Crippen LogP contribution in [0.4, 0.5) is 5.69 Å². The molecule has 12 heteroatoms. The molecule has 8 rings (SSSR count). The smallest absolute Gasteiger partial charge is 0.264 e. The number of ether oxygens (including phenoxy) is 2. The molecule has 1 aromatic heterocycles. The molecule has 2 bridgehead atoms. The van der Waals surface area contributed by atoms with Crippen LogP contribution in [0, 0.1) is 17.8 Å². The second-order valence-electron chi connectivity index (χ2n) is 16.1. The van der Waals surface area contributed by atoms with E-state index >= 15 is 0 Å². The monoisotopic (exact) mass is 759 g/mol. The molecular weight excluding hydrogens is 710 g/mol. The van der Waals surface area contributed by atoms with Gasteiger partial charge in [-0.3, -0.25) is 9.69 Å². The second kappa shape index (κ2) is 14.3. The predicted molar refractivity (Wildman–Crippen MR) is 206 cm³/mol.